The molecule has 0 heterocycles. The first kappa shape index (κ1) is 18.4. The van der Waals surface area contributed by atoms with Gasteiger partial charge in [0, 0.05) is 25.2 Å². The summed E-state index contributed by atoms with van der Waals surface area (Å²) in [6.45, 7) is 5.28. The molecule has 5 heteroatoms. The van der Waals surface area contributed by atoms with E-state index in [-0.39, 0.29) is 11.7 Å². The van der Waals surface area contributed by atoms with E-state index in [9.17, 15) is 9.90 Å². The van der Waals surface area contributed by atoms with Gasteiger partial charge in [-0.25, -0.2) is 0 Å². The predicted octanol–water partition coefficient (Wildman–Crippen LogP) is 3.12. The van der Waals surface area contributed by atoms with Gasteiger partial charge in [0.2, 0.25) is 5.91 Å². The summed E-state index contributed by atoms with van der Waals surface area (Å²) in [6, 6.07) is 14.6. The quantitative estimate of drug-likeness (QED) is 0.353. The van der Waals surface area contributed by atoms with E-state index in [0.717, 1.165) is 17.0 Å². The maximum atomic E-state index is 11.9. The van der Waals surface area contributed by atoms with Crippen LogP contribution in [0.2, 0.25) is 0 Å². The van der Waals surface area contributed by atoms with Crippen molar-refractivity contribution in [1.82, 2.24) is 5.32 Å². The molecule has 0 atom stereocenters. The lowest BCUT2D eigenvalue weighted by molar-refractivity contribution is -0.120. The number of phenolic OH excluding ortho intramolecular Hbond substituents is 1. The Morgan fingerprint density at radius 3 is 2.48 bits per heavy atom. The highest BCUT2D eigenvalue weighted by molar-refractivity contribution is 5.76. The second kappa shape index (κ2) is 10.0. The van der Waals surface area contributed by atoms with Crippen LogP contribution >= 0.6 is 0 Å². The summed E-state index contributed by atoms with van der Waals surface area (Å²) >= 11 is 0. The molecule has 0 aliphatic rings. The molecule has 0 saturated heterocycles. The Balaban J connectivity index is 1.61. The van der Waals surface area contributed by atoms with E-state index in [1.54, 1.807) is 30.3 Å². The number of phenols is 1. The average molecular weight is 340 g/mol. The third-order valence-electron chi connectivity index (χ3n) is 3.58. The monoisotopic (exact) mass is 340 g/mol. The third kappa shape index (κ3) is 6.99. The molecule has 5 nitrogen and oxygen atoms in total. The number of aromatic hydroxyl groups is 1. The summed E-state index contributed by atoms with van der Waals surface area (Å²) in [7, 11) is 0. The van der Waals surface area contributed by atoms with Crippen molar-refractivity contribution in [1.29, 1.82) is 0 Å². The molecule has 3 N–H and O–H groups in total. The summed E-state index contributed by atoms with van der Waals surface area (Å²) in [5, 5.41) is 15.3. The largest absolute Gasteiger partial charge is 0.508 e. The van der Waals surface area contributed by atoms with Crippen LogP contribution in [0.5, 0.6) is 11.5 Å². The van der Waals surface area contributed by atoms with Crippen LogP contribution < -0.4 is 15.4 Å². The summed E-state index contributed by atoms with van der Waals surface area (Å²) in [6.07, 6.45) is 2.85. The maximum absolute atomic E-state index is 11.9. The first-order valence-electron chi connectivity index (χ1n) is 8.29. The van der Waals surface area contributed by atoms with E-state index in [1.807, 2.05) is 24.3 Å². The molecule has 0 fully saturated rings. The first-order chi connectivity index (χ1) is 12.2. The fourth-order valence-electron chi connectivity index (χ4n) is 2.24. The molecule has 2 rings (SSSR count). The topological polar surface area (TPSA) is 70.6 Å². The third-order valence-corrected chi connectivity index (χ3v) is 3.58. The Kier molecular flexibility index (Phi) is 7.38. The molecule has 0 spiro atoms. The maximum Gasteiger partial charge on any atom is 0.220 e. The van der Waals surface area contributed by atoms with Crippen molar-refractivity contribution in [2.45, 2.75) is 12.8 Å². The normalized spacial score (nSPS) is 10.1. The average Bonchev–Trinajstić information content (AvgIpc) is 2.64. The second-order valence-corrected chi connectivity index (χ2v) is 5.57. The smallest absolute Gasteiger partial charge is 0.220 e. The van der Waals surface area contributed by atoms with Crippen LogP contribution in [0.1, 0.15) is 12.0 Å². The molecular formula is C20H24N2O3. The number of aryl methyl sites for hydroxylation is 1. The lowest BCUT2D eigenvalue weighted by Crippen LogP contribution is -2.28. The molecule has 0 aliphatic carbocycles. The minimum absolute atomic E-state index is 0.0273. The molecule has 0 saturated carbocycles. The molecule has 0 aliphatic heterocycles. The van der Waals surface area contributed by atoms with Gasteiger partial charge in [-0.1, -0.05) is 24.8 Å². The number of benzene rings is 2. The summed E-state index contributed by atoms with van der Waals surface area (Å²) in [4.78, 5) is 11.9. The van der Waals surface area contributed by atoms with Crippen molar-refractivity contribution in [2.75, 3.05) is 25.0 Å². The van der Waals surface area contributed by atoms with Crippen LogP contribution in [0.4, 0.5) is 5.69 Å². The van der Waals surface area contributed by atoms with E-state index in [2.05, 4.69) is 17.2 Å². The molecule has 0 radical (unpaired) electrons. The highest BCUT2D eigenvalue weighted by atomic mass is 16.5. The van der Waals surface area contributed by atoms with Crippen LogP contribution in [0.25, 0.3) is 0 Å². The SMILES string of the molecule is C=CCOc1ccc(CCC(=O)NCCNc2ccc(O)cc2)cc1. The molecule has 1 amide bonds. The van der Waals surface area contributed by atoms with Gasteiger partial charge in [0.25, 0.3) is 0 Å². The number of rotatable bonds is 10. The van der Waals surface area contributed by atoms with E-state index < -0.39 is 0 Å². The first-order valence-corrected chi connectivity index (χ1v) is 8.29. The van der Waals surface area contributed by atoms with Gasteiger partial charge in [-0.15, -0.1) is 0 Å². The van der Waals surface area contributed by atoms with Crippen molar-refractivity contribution < 1.29 is 14.6 Å². The van der Waals surface area contributed by atoms with Crippen LogP contribution in [-0.2, 0) is 11.2 Å². The van der Waals surface area contributed by atoms with Crippen molar-refractivity contribution >= 4 is 11.6 Å². The minimum atomic E-state index is 0.0273. The number of amides is 1. The second-order valence-electron chi connectivity index (χ2n) is 5.57. The van der Waals surface area contributed by atoms with Gasteiger partial charge in [-0.3, -0.25) is 4.79 Å². The predicted molar refractivity (Wildman–Crippen MR) is 100 cm³/mol. The summed E-state index contributed by atoms with van der Waals surface area (Å²) in [5.74, 6) is 1.06. The van der Waals surface area contributed by atoms with Crippen molar-refractivity contribution in [3.63, 3.8) is 0 Å². The molecule has 0 unspecified atom stereocenters. The van der Waals surface area contributed by atoms with E-state index in [4.69, 9.17) is 4.74 Å². The number of anilines is 1. The van der Waals surface area contributed by atoms with Gasteiger partial charge in [0.1, 0.15) is 18.1 Å². The Labute approximate surface area is 148 Å². The van der Waals surface area contributed by atoms with E-state index >= 15 is 0 Å². The molecular weight excluding hydrogens is 316 g/mol. The molecule has 0 bridgehead atoms. The lowest BCUT2D eigenvalue weighted by Gasteiger charge is -2.08. The minimum Gasteiger partial charge on any atom is -0.508 e. The van der Waals surface area contributed by atoms with Gasteiger partial charge in [-0.05, 0) is 48.4 Å². The zero-order chi connectivity index (χ0) is 17.9. The number of ether oxygens (including phenoxy) is 1. The zero-order valence-corrected chi connectivity index (χ0v) is 14.2. The van der Waals surface area contributed by atoms with Crippen molar-refractivity contribution in [3.8, 4) is 11.5 Å². The number of hydrogen-bond donors (Lipinski definition) is 3. The zero-order valence-electron chi connectivity index (χ0n) is 14.2. The van der Waals surface area contributed by atoms with Gasteiger partial charge < -0.3 is 20.5 Å². The van der Waals surface area contributed by atoms with Crippen molar-refractivity contribution in [2.24, 2.45) is 0 Å². The molecule has 25 heavy (non-hydrogen) atoms. The fourth-order valence-corrected chi connectivity index (χ4v) is 2.24. The number of carbonyl (C=O) groups is 1. The summed E-state index contributed by atoms with van der Waals surface area (Å²) < 4.78 is 5.43. The molecule has 132 valence electrons. The highest BCUT2D eigenvalue weighted by Gasteiger charge is 2.02. The van der Waals surface area contributed by atoms with Crippen LogP contribution in [0.15, 0.2) is 61.2 Å². The van der Waals surface area contributed by atoms with Gasteiger partial charge in [0.15, 0.2) is 0 Å². The lowest BCUT2D eigenvalue weighted by atomic mass is 10.1. The van der Waals surface area contributed by atoms with Gasteiger partial charge >= 0.3 is 0 Å². The fraction of sp³-hybridized carbons (Fsp3) is 0.250. The molecule has 0 aromatic heterocycles. The number of carbonyl (C=O) groups excluding carboxylic acids is 1. The van der Waals surface area contributed by atoms with Crippen LogP contribution in [0, 0.1) is 0 Å². The Bertz CT molecular complexity index is 666. The standard InChI is InChI=1S/C20H24N2O3/c1-2-15-25-19-10-3-16(4-11-19)5-12-20(24)22-14-13-21-17-6-8-18(23)9-7-17/h2-4,6-11,21,23H,1,5,12-15H2,(H,22,24). The number of nitrogens with one attached hydrogen (secondary N) is 2. The van der Waals surface area contributed by atoms with Gasteiger partial charge in [0.05, 0.1) is 0 Å². The number of hydrogen-bond acceptors (Lipinski definition) is 4. The molecule has 2 aromatic rings. The van der Waals surface area contributed by atoms with Crippen LogP contribution in [0.3, 0.4) is 0 Å². The molecule has 2 aromatic carbocycles. The highest BCUT2D eigenvalue weighted by Crippen LogP contribution is 2.14. The Morgan fingerprint density at radius 2 is 1.80 bits per heavy atom. The van der Waals surface area contributed by atoms with Gasteiger partial charge in [-0.2, -0.15) is 0 Å². The van der Waals surface area contributed by atoms with E-state index in [1.165, 1.54) is 0 Å². The summed E-state index contributed by atoms with van der Waals surface area (Å²) in [5.41, 5.74) is 2.01. The van der Waals surface area contributed by atoms with E-state index in [0.29, 0.717) is 32.5 Å². The Hall–Kier alpha value is -2.95. The Morgan fingerprint density at radius 1 is 1.08 bits per heavy atom. The van der Waals surface area contributed by atoms with Crippen LogP contribution in [-0.4, -0.2) is 30.7 Å². The van der Waals surface area contributed by atoms with Crippen molar-refractivity contribution in [3.05, 3.63) is 66.7 Å².